The van der Waals surface area contributed by atoms with Crippen LogP contribution in [0.5, 0.6) is 0 Å². The van der Waals surface area contributed by atoms with Gasteiger partial charge in [-0.05, 0) is 63.7 Å². The van der Waals surface area contributed by atoms with Gasteiger partial charge >= 0.3 is 0 Å². The van der Waals surface area contributed by atoms with E-state index in [9.17, 15) is 11.8 Å². The van der Waals surface area contributed by atoms with Crippen LogP contribution in [0.15, 0.2) is 247 Å². The van der Waals surface area contributed by atoms with E-state index in [1.807, 2.05) is 65.9 Å². The number of nitriles is 1. The van der Waals surface area contributed by atoms with Crippen molar-refractivity contribution in [2.75, 3.05) is 0 Å². The SMILES string of the molecule is [C-]#[N+]c1c(-c2ccccc2)c(C#N)c(-n2c3c(ccc4c5ccccc5sc43)c3ccc4c5cccc(-c6ccccc6)c5sc4c32)c(-c2ccccc2)c1-n1c2ccccc2c2ccc(-c3cccc4oc5ccccc5c34)cc21. The molecule has 81 heavy (non-hydrogen) atoms. The van der Waals surface area contributed by atoms with Gasteiger partial charge in [0, 0.05) is 74.4 Å². The minimum atomic E-state index is 0.392. The average molecular weight is 1070 g/mol. The Balaban J connectivity index is 1.11. The van der Waals surface area contributed by atoms with Crippen LogP contribution in [-0.2, 0) is 0 Å². The van der Waals surface area contributed by atoms with Crippen LogP contribution >= 0.6 is 22.7 Å². The Morgan fingerprint density at radius 2 is 0.938 bits per heavy atom. The third kappa shape index (κ3) is 6.45. The minimum Gasteiger partial charge on any atom is -0.456 e. The molecule has 12 aromatic carbocycles. The van der Waals surface area contributed by atoms with Gasteiger partial charge < -0.3 is 13.6 Å². The van der Waals surface area contributed by atoms with Gasteiger partial charge in [0.1, 0.15) is 17.2 Å². The van der Waals surface area contributed by atoms with E-state index in [1.54, 1.807) is 11.3 Å². The molecule has 374 valence electrons. The zero-order valence-electron chi connectivity index (χ0n) is 43.1. The van der Waals surface area contributed by atoms with E-state index in [0.717, 1.165) is 125 Å². The maximum atomic E-state index is 12.4. The van der Waals surface area contributed by atoms with Crippen molar-refractivity contribution in [2.24, 2.45) is 0 Å². The summed E-state index contributed by atoms with van der Waals surface area (Å²) in [5.74, 6) is 0. The molecule has 17 aromatic rings. The Morgan fingerprint density at radius 3 is 1.68 bits per heavy atom. The molecule has 0 aliphatic heterocycles. The van der Waals surface area contributed by atoms with E-state index >= 15 is 0 Å². The average Bonchev–Trinajstić information content (AvgIpc) is 3.33. The second kappa shape index (κ2) is 17.5. The van der Waals surface area contributed by atoms with Gasteiger partial charge in [0.2, 0.25) is 5.69 Å². The van der Waals surface area contributed by atoms with E-state index in [-0.39, 0.29) is 0 Å². The molecular formula is C74H40N4OS2. The predicted octanol–water partition coefficient (Wildman–Crippen LogP) is 21.6. The fourth-order valence-electron chi connectivity index (χ4n) is 13.2. The summed E-state index contributed by atoms with van der Waals surface area (Å²) in [6.45, 7) is 9.58. The molecule has 0 saturated carbocycles. The number of rotatable bonds is 6. The largest absolute Gasteiger partial charge is 0.456 e. The van der Waals surface area contributed by atoms with Gasteiger partial charge in [0.15, 0.2) is 0 Å². The van der Waals surface area contributed by atoms with Crippen LogP contribution in [-0.4, -0.2) is 9.13 Å². The summed E-state index contributed by atoms with van der Waals surface area (Å²) in [7, 11) is 0. The van der Waals surface area contributed by atoms with Gasteiger partial charge in [-0.25, -0.2) is 4.85 Å². The second-order valence-electron chi connectivity index (χ2n) is 20.7. The van der Waals surface area contributed by atoms with Crippen LogP contribution in [0.1, 0.15) is 5.56 Å². The molecule has 0 aliphatic carbocycles. The molecule has 7 heteroatoms. The summed E-state index contributed by atoms with van der Waals surface area (Å²) in [6.07, 6.45) is 0. The van der Waals surface area contributed by atoms with E-state index < -0.39 is 0 Å². The normalized spacial score (nSPS) is 11.9. The van der Waals surface area contributed by atoms with Crippen molar-refractivity contribution in [1.82, 2.24) is 9.13 Å². The fraction of sp³-hybridized carbons (Fsp3) is 0. The van der Waals surface area contributed by atoms with Crippen LogP contribution in [0.25, 0.3) is 167 Å². The van der Waals surface area contributed by atoms with E-state index in [0.29, 0.717) is 22.5 Å². The van der Waals surface area contributed by atoms with Crippen molar-refractivity contribution in [3.05, 3.63) is 260 Å². The van der Waals surface area contributed by atoms with Gasteiger partial charge in [-0.2, -0.15) is 5.26 Å². The van der Waals surface area contributed by atoms with Gasteiger partial charge in [-0.15, -0.1) is 22.7 Å². The van der Waals surface area contributed by atoms with Crippen molar-refractivity contribution in [1.29, 1.82) is 5.26 Å². The highest BCUT2D eigenvalue weighted by Crippen LogP contribution is 2.55. The maximum Gasteiger partial charge on any atom is 0.220 e. The Morgan fingerprint density at radius 1 is 0.395 bits per heavy atom. The summed E-state index contributed by atoms with van der Waals surface area (Å²) >= 11 is 3.61. The number of hydrogen-bond acceptors (Lipinski definition) is 4. The topological polar surface area (TPSA) is 51.1 Å². The molecule has 0 saturated heterocycles. The highest BCUT2D eigenvalue weighted by Gasteiger charge is 2.33. The Labute approximate surface area is 471 Å². The van der Waals surface area contributed by atoms with Crippen LogP contribution in [0.3, 0.4) is 0 Å². The molecule has 0 fully saturated rings. The molecule has 5 aromatic heterocycles. The summed E-state index contributed by atoms with van der Waals surface area (Å²) in [5.41, 5.74) is 15.3. The first-order valence-electron chi connectivity index (χ1n) is 27.0. The smallest absolute Gasteiger partial charge is 0.220 e. The molecular weight excluding hydrogens is 1020 g/mol. The summed E-state index contributed by atoms with van der Waals surface area (Å²) in [6, 6.07) is 88.5. The quantitative estimate of drug-likeness (QED) is 0.156. The lowest BCUT2D eigenvalue weighted by Crippen LogP contribution is -2.09. The summed E-state index contributed by atoms with van der Waals surface area (Å²) < 4.78 is 15.9. The molecule has 5 heterocycles. The van der Waals surface area contributed by atoms with Crippen molar-refractivity contribution < 1.29 is 4.42 Å². The third-order valence-electron chi connectivity index (χ3n) is 16.6. The molecule has 0 amide bonds. The van der Waals surface area contributed by atoms with Crippen molar-refractivity contribution >= 4 is 134 Å². The number of fused-ring (bicyclic) bond motifs is 17. The molecule has 0 atom stereocenters. The van der Waals surface area contributed by atoms with Crippen LogP contribution < -0.4 is 0 Å². The number of thiophene rings is 2. The van der Waals surface area contributed by atoms with E-state index in [4.69, 9.17) is 4.42 Å². The number of furan rings is 1. The van der Waals surface area contributed by atoms with Gasteiger partial charge in [0.25, 0.3) is 0 Å². The molecule has 0 aliphatic rings. The van der Waals surface area contributed by atoms with Crippen molar-refractivity contribution in [3.8, 4) is 62.0 Å². The maximum absolute atomic E-state index is 12.4. The predicted molar refractivity (Wildman–Crippen MR) is 341 cm³/mol. The monoisotopic (exact) mass is 1060 g/mol. The van der Waals surface area contributed by atoms with Crippen LogP contribution in [0.2, 0.25) is 0 Å². The summed E-state index contributed by atoms with van der Waals surface area (Å²) in [4.78, 5) is 4.66. The van der Waals surface area contributed by atoms with E-state index in [1.165, 1.54) is 25.7 Å². The number of aromatic nitrogens is 2. The molecule has 0 spiro atoms. The Hall–Kier alpha value is -10.5. The first-order valence-corrected chi connectivity index (χ1v) is 28.6. The number of nitrogens with zero attached hydrogens (tertiary/aromatic N) is 4. The number of para-hydroxylation sites is 2. The molecule has 0 unspecified atom stereocenters. The molecule has 0 N–H and O–H groups in total. The second-order valence-corrected chi connectivity index (χ2v) is 22.8. The van der Waals surface area contributed by atoms with Crippen LogP contribution in [0.4, 0.5) is 5.69 Å². The molecule has 0 bridgehead atoms. The van der Waals surface area contributed by atoms with Crippen molar-refractivity contribution in [2.45, 2.75) is 0 Å². The lowest BCUT2D eigenvalue weighted by atomic mass is 9.88. The van der Waals surface area contributed by atoms with Gasteiger partial charge in [-0.1, -0.05) is 212 Å². The first-order chi connectivity index (χ1) is 40.1. The minimum absolute atomic E-state index is 0.392. The lowest BCUT2D eigenvalue weighted by Gasteiger charge is -2.26. The Kier molecular flexibility index (Phi) is 9.82. The first kappa shape index (κ1) is 45.5. The highest BCUT2D eigenvalue weighted by atomic mass is 32.1. The molecule has 0 radical (unpaired) electrons. The van der Waals surface area contributed by atoms with Gasteiger partial charge in [0.05, 0.1) is 55.0 Å². The lowest BCUT2D eigenvalue weighted by molar-refractivity contribution is 0.669. The van der Waals surface area contributed by atoms with E-state index in [2.05, 4.69) is 208 Å². The zero-order valence-corrected chi connectivity index (χ0v) is 44.7. The molecule has 5 nitrogen and oxygen atoms in total. The summed E-state index contributed by atoms with van der Waals surface area (Å²) in [5, 5.41) is 23.5. The molecule has 17 rings (SSSR count). The zero-order chi connectivity index (χ0) is 53.4. The van der Waals surface area contributed by atoms with Crippen LogP contribution in [0, 0.1) is 17.9 Å². The third-order valence-corrected chi connectivity index (χ3v) is 19.0. The number of hydrogen-bond donors (Lipinski definition) is 0. The standard InChI is InChI=1S/C74H40N4OS2/c1-76-67-64(44-21-7-3-8-22-44)58(42-75)68(78-69-52(37-39-55-51-26-13-16-34-63(51)80-73(55)69)53-38-40-56-54-30-17-29-48(43-19-5-2-6-20-43)72(54)81-74(56)70(53)78)65(45-23-9-4-10-24-45)71(67)77-59-31-14-11-25-49(59)50-36-35-46(41-60(50)77)47-28-18-33-62-66(47)57-27-12-15-32-61(57)79-62/h2-41H. The Bertz CT molecular complexity index is 5610. The van der Waals surface area contributed by atoms with Crippen molar-refractivity contribution in [3.63, 3.8) is 0 Å². The van der Waals surface area contributed by atoms with Gasteiger partial charge in [-0.3, -0.25) is 0 Å². The highest BCUT2D eigenvalue weighted by molar-refractivity contribution is 7.27. The number of benzene rings is 12. The fourth-order valence-corrected chi connectivity index (χ4v) is 15.8.